The average molecular weight is 238 g/mol. The van der Waals surface area contributed by atoms with Crippen LogP contribution in [0.25, 0.3) is 0 Å². The first kappa shape index (κ1) is 12.0. The van der Waals surface area contributed by atoms with E-state index in [1.54, 1.807) is 0 Å². The Bertz CT molecular complexity index is 272. The third-order valence-corrected chi connectivity index (χ3v) is 6.00. The van der Waals surface area contributed by atoms with Gasteiger partial charge in [0.15, 0.2) is 0 Å². The summed E-state index contributed by atoms with van der Waals surface area (Å²) in [7, 11) is 2.46. The molecular formula is C15H28NO+. The van der Waals surface area contributed by atoms with E-state index in [1.807, 2.05) is 0 Å². The van der Waals surface area contributed by atoms with Gasteiger partial charge in [-0.1, -0.05) is 6.42 Å². The molecule has 1 aliphatic heterocycles. The first-order valence-corrected chi connectivity index (χ1v) is 7.73. The Morgan fingerprint density at radius 1 is 0.882 bits per heavy atom. The zero-order valence-electron chi connectivity index (χ0n) is 11.3. The normalized spacial score (nSPS) is 45.5. The van der Waals surface area contributed by atoms with E-state index < -0.39 is 0 Å². The van der Waals surface area contributed by atoms with Crippen LogP contribution in [-0.4, -0.2) is 41.9 Å². The van der Waals surface area contributed by atoms with Gasteiger partial charge < -0.3 is 9.59 Å². The van der Waals surface area contributed by atoms with Crippen molar-refractivity contribution in [3.63, 3.8) is 0 Å². The number of rotatable bonds is 1. The molecule has 2 bridgehead atoms. The van der Waals surface area contributed by atoms with E-state index in [0.29, 0.717) is 11.8 Å². The Morgan fingerprint density at radius 2 is 1.65 bits per heavy atom. The number of aliphatic hydroxyl groups excluding tert-OH is 1. The van der Waals surface area contributed by atoms with E-state index in [2.05, 4.69) is 7.05 Å². The van der Waals surface area contributed by atoms with Crippen LogP contribution in [0.4, 0.5) is 0 Å². The molecule has 0 aromatic rings. The molecule has 0 spiro atoms. The molecule has 0 aromatic carbocycles. The molecule has 3 rings (SSSR count). The molecule has 3 fully saturated rings. The summed E-state index contributed by atoms with van der Waals surface area (Å²) in [6, 6.07) is 0.766. The van der Waals surface area contributed by atoms with Gasteiger partial charge in [0.2, 0.25) is 0 Å². The van der Waals surface area contributed by atoms with Crippen LogP contribution in [0.15, 0.2) is 0 Å². The van der Waals surface area contributed by atoms with E-state index in [0.717, 1.165) is 6.04 Å². The van der Waals surface area contributed by atoms with Crippen molar-refractivity contribution in [2.75, 3.05) is 20.1 Å². The van der Waals surface area contributed by atoms with Crippen LogP contribution in [0.3, 0.4) is 0 Å². The summed E-state index contributed by atoms with van der Waals surface area (Å²) in [5.41, 5.74) is 0. The maximum absolute atomic E-state index is 10.5. The number of quaternary nitrogens is 1. The number of likely N-dealkylation sites (tertiary alicyclic amines) is 1. The lowest BCUT2D eigenvalue weighted by Crippen LogP contribution is -2.62. The van der Waals surface area contributed by atoms with E-state index in [-0.39, 0.29) is 6.10 Å². The minimum Gasteiger partial charge on any atom is -0.392 e. The van der Waals surface area contributed by atoms with Gasteiger partial charge in [0.25, 0.3) is 0 Å². The highest BCUT2D eigenvalue weighted by Gasteiger charge is 2.48. The molecule has 0 aromatic heterocycles. The molecule has 1 saturated heterocycles. The Labute approximate surface area is 106 Å². The summed E-state index contributed by atoms with van der Waals surface area (Å²) in [5.74, 6) is 1.26. The first-order chi connectivity index (χ1) is 8.21. The smallest absolute Gasteiger partial charge is 0.0941 e. The van der Waals surface area contributed by atoms with Crippen LogP contribution in [0.1, 0.15) is 51.4 Å². The van der Waals surface area contributed by atoms with Crippen LogP contribution in [0.2, 0.25) is 0 Å². The van der Waals surface area contributed by atoms with Crippen molar-refractivity contribution < 1.29 is 9.59 Å². The number of hydrogen-bond donors (Lipinski definition) is 1. The highest BCUT2D eigenvalue weighted by atomic mass is 16.3. The van der Waals surface area contributed by atoms with Gasteiger partial charge in [0.1, 0.15) is 0 Å². The van der Waals surface area contributed by atoms with E-state index in [9.17, 15) is 5.11 Å². The van der Waals surface area contributed by atoms with Gasteiger partial charge in [-0.3, -0.25) is 0 Å². The van der Waals surface area contributed by atoms with Gasteiger partial charge in [-0.15, -0.1) is 0 Å². The molecule has 3 unspecified atom stereocenters. The number of aliphatic hydroxyl groups is 1. The zero-order chi connectivity index (χ0) is 11.9. The molecule has 3 aliphatic rings. The van der Waals surface area contributed by atoms with Gasteiger partial charge in [-0.2, -0.15) is 0 Å². The molecule has 0 radical (unpaired) electrons. The van der Waals surface area contributed by atoms with Gasteiger partial charge in [0, 0.05) is 12.3 Å². The molecule has 1 N–H and O–H groups in total. The minimum atomic E-state index is 0.0272. The van der Waals surface area contributed by atoms with Crippen molar-refractivity contribution >= 4 is 0 Å². The summed E-state index contributed by atoms with van der Waals surface area (Å²) in [4.78, 5) is 0. The van der Waals surface area contributed by atoms with E-state index in [4.69, 9.17) is 0 Å². The van der Waals surface area contributed by atoms with Crippen molar-refractivity contribution in [3.05, 3.63) is 0 Å². The minimum absolute atomic E-state index is 0.0272. The van der Waals surface area contributed by atoms with Gasteiger partial charge in [-0.05, 0) is 44.4 Å². The second-order valence-corrected chi connectivity index (χ2v) is 6.98. The zero-order valence-corrected chi connectivity index (χ0v) is 11.3. The number of piperidine rings is 1. The van der Waals surface area contributed by atoms with Gasteiger partial charge in [0.05, 0.1) is 32.3 Å². The topological polar surface area (TPSA) is 20.2 Å². The van der Waals surface area contributed by atoms with Crippen LogP contribution in [0.5, 0.6) is 0 Å². The quantitative estimate of drug-likeness (QED) is 0.696. The lowest BCUT2D eigenvalue weighted by Gasteiger charge is -2.53. The van der Waals surface area contributed by atoms with E-state index >= 15 is 0 Å². The Hall–Kier alpha value is -0.0800. The van der Waals surface area contributed by atoms with Crippen LogP contribution in [0, 0.1) is 11.8 Å². The van der Waals surface area contributed by atoms with Crippen LogP contribution in [-0.2, 0) is 0 Å². The molecule has 2 nitrogen and oxygen atoms in total. The lowest BCUT2D eigenvalue weighted by atomic mass is 9.66. The highest BCUT2D eigenvalue weighted by Crippen LogP contribution is 2.44. The molecule has 4 atom stereocenters. The standard InChI is InChI=1S/C15H28NO/c1-16(10-3-2-4-11-16)14-9-8-12-6-5-7-13(14)15(12)17/h12-15,17H,2-11H2,1H3/q+1/t12?,13?,14?,15-/m1/s1. The number of nitrogens with zero attached hydrogens (tertiary/aromatic N) is 1. The summed E-state index contributed by atoms with van der Waals surface area (Å²) in [5, 5.41) is 10.5. The van der Waals surface area contributed by atoms with Gasteiger partial charge in [-0.25, -0.2) is 0 Å². The predicted octanol–water partition coefficient (Wildman–Crippen LogP) is 2.56. The Kier molecular flexibility index (Phi) is 3.20. The molecule has 2 aliphatic carbocycles. The molecule has 2 saturated carbocycles. The van der Waals surface area contributed by atoms with Crippen LogP contribution < -0.4 is 0 Å². The van der Waals surface area contributed by atoms with Crippen LogP contribution >= 0.6 is 0 Å². The molecule has 17 heavy (non-hydrogen) atoms. The SMILES string of the molecule is C[N+]1(C2CCC3CCCC2[C@@H]3O)CCCCC1. The van der Waals surface area contributed by atoms with Crippen molar-refractivity contribution in [3.8, 4) is 0 Å². The fraction of sp³-hybridized carbons (Fsp3) is 1.00. The molecular weight excluding hydrogens is 210 g/mol. The molecule has 98 valence electrons. The fourth-order valence-electron chi connectivity index (χ4n) is 4.98. The van der Waals surface area contributed by atoms with Gasteiger partial charge >= 0.3 is 0 Å². The van der Waals surface area contributed by atoms with Crippen molar-refractivity contribution in [2.45, 2.75) is 63.5 Å². The monoisotopic (exact) mass is 238 g/mol. The Balaban J connectivity index is 1.77. The summed E-state index contributed by atoms with van der Waals surface area (Å²) in [6.45, 7) is 2.72. The average Bonchev–Trinajstić information content (AvgIpc) is 2.29. The van der Waals surface area contributed by atoms with Crippen molar-refractivity contribution in [1.29, 1.82) is 0 Å². The largest absolute Gasteiger partial charge is 0.392 e. The molecule has 0 amide bonds. The third kappa shape index (κ3) is 2.04. The maximum atomic E-state index is 10.5. The second-order valence-electron chi connectivity index (χ2n) is 6.98. The third-order valence-electron chi connectivity index (χ3n) is 6.00. The summed E-state index contributed by atoms with van der Waals surface area (Å²) < 4.78 is 1.27. The predicted molar refractivity (Wildman–Crippen MR) is 69.6 cm³/mol. The Morgan fingerprint density at radius 3 is 2.41 bits per heavy atom. The van der Waals surface area contributed by atoms with Crippen molar-refractivity contribution in [1.82, 2.24) is 0 Å². The van der Waals surface area contributed by atoms with Crippen molar-refractivity contribution in [2.24, 2.45) is 11.8 Å². The maximum Gasteiger partial charge on any atom is 0.0941 e. The second kappa shape index (κ2) is 4.55. The number of fused-ring (bicyclic) bond motifs is 2. The summed E-state index contributed by atoms with van der Waals surface area (Å²) >= 11 is 0. The van der Waals surface area contributed by atoms with E-state index in [1.165, 1.54) is 68.9 Å². The fourth-order valence-corrected chi connectivity index (χ4v) is 4.98. The lowest BCUT2D eigenvalue weighted by molar-refractivity contribution is -0.943. The molecule has 1 heterocycles. The molecule has 2 heteroatoms. The number of hydrogen-bond acceptors (Lipinski definition) is 1. The summed E-state index contributed by atoms with van der Waals surface area (Å²) in [6.07, 6.45) is 10.9. The highest BCUT2D eigenvalue weighted by molar-refractivity contribution is 4.92. The first-order valence-electron chi connectivity index (χ1n) is 7.73.